The zero-order chi connectivity index (χ0) is 7.56. The first kappa shape index (κ1) is 14.9. The molecule has 0 aromatic heterocycles. The Bertz CT molecular complexity index is 114. The average Bonchev–Trinajstić information content (AvgIpc) is 1.88. The molecule has 0 saturated carbocycles. The third-order valence-corrected chi connectivity index (χ3v) is 2.04. The van der Waals surface area contributed by atoms with Gasteiger partial charge in [-0.25, -0.2) is 4.39 Å². The topological polar surface area (TPSA) is 15.3 Å². The van der Waals surface area contributed by atoms with Gasteiger partial charge < -0.3 is 10.2 Å². The SMILES string of the molecule is CN(C)[C@H]1CCNC[C@@H]1F.Cl.Cl. The summed E-state index contributed by atoms with van der Waals surface area (Å²) in [5, 5.41) is 3.02. The lowest BCUT2D eigenvalue weighted by Crippen LogP contribution is -2.48. The molecule has 1 rings (SSSR count). The van der Waals surface area contributed by atoms with Crippen molar-refractivity contribution in [2.45, 2.75) is 18.6 Å². The second-order valence-electron chi connectivity index (χ2n) is 3.04. The molecule has 0 spiro atoms. The molecule has 1 saturated heterocycles. The average molecular weight is 219 g/mol. The molecular weight excluding hydrogens is 202 g/mol. The Kier molecular flexibility index (Phi) is 8.58. The molecule has 76 valence electrons. The molecule has 2 atom stereocenters. The Morgan fingerprint density at radius 1 is 1.33 bits per heavy atom. The number of hydrogen-bond donors (Lipinski definition) is 1. The summed E-state index contributed by atoms with van der Waals surface area (Å²) in [5.74, 6) is 0. The minimum atomic E-state index is -0.691. The highest BCUT2D eigenvalue weighted by atomic mass is 35.5. The summed E-state index contributed by atoms with van der Waals surface area (Å²) in [4.78, 5) is 1.96. The van der Waals surface area contributed by atoms with Gasteiger partial charge in [0.05, 0.1) is 0 Å². The highest BCUT2D eigenvalue weighted by Gasteiger charge is 2.25. The standard InChI is InChI=1S/C7H15FN2.2ClH/c1-10(2)7-3-4-9-5-6(7)8;;/h6-7,9H,3-5H2,1-2H3;2*1H/t6-,7-;;/m0../s1. The van der Waals surface area contributed by atoms with Crippen LogP contribution in [0.1, 0.15) is 6.42 Å². The van der Waals surface area contributed by atoms with E-state index in [1.807, 2.05) is 19.0 Å². The molecule has 1 fully saturated rings. The minimum absolute atomic E-state index is 0. The zero-order valence-corrected chi connectivity index (χ0v) is 9.05. The predicted octanol–water partition coefficient (Wildman–Crippen LogP) is 1.09. The Labute approximate surface area is 85.7 Å². The van der Waals surface area contributed by atoms with E-state index in [-0.39, 0.29) is 30.9 Å². The van der Waals surface area contributed by atoms with Gasteiger partial charge in [0.2, 0.25) is 0 Å². The van der Waals surface area contributed by atoms with Crippen LogP contribution in [0.25, 0.3) is 0 Å². The molecule has 2 nitrogen and oxygen atoms in total. The molecule has 1 heterocycles. The van der Waals surface area contributed by atoms with Crippen LogP contribution in [0, 0.1) is 0 Å². The van der Waals surface area contributed by atoms with Crippen molar-refractivity contribution in [1.82, 2.24) is 10.2 Å². The van der Waals surface area contributed by atoms with Crippen molar-refractivity contribution < 1.29 is 4.39 Å². The Hall–Kier alpha value is 0.430. The Morgan fingerprint density at radius 3 is 2.25 bits per heavy atom. The van der Waals surface area contributed by atoms with Crippen LogP contribution in [0.2, 0.25) is 0 Å². The summed E-state index contributed by atoms with van der Waals surface area (Å²) >= 11 is 0. The summed E-state index contributed by atoms with van der Waals surface area (Å²) in [5.41, 5.74) is 0. The van der Waals surface area contributed by atoms with Crippen LogP contribution >= 0.6 is 24.8 Å². The fourth-order valence-electron chi connectivity index (χ4n) is 1.39. The Balaban J connectivity index is 0. The molecule has 0 radical (unpaired) electrons. The number of hydrogen-bond acceptors (Lipinski definition) is 2. The second kappa shape index (κ2) is 6.89. The van der Waals surface area contributed by atoms with Crippen molar-refractivity contribution >= 4 is 24.8 Å². The molecule has 0 aromatic rings. The van der Waals surface area contributed by atoms with Crippen LogP contribution in [0.15, 0.2) is 0 Å². The number of piperidine rings is 1. The molecule has 1 N–H and O–H groups in total. The van der Waals surface area contributed by atoms with Crippen LogP contribution in [0.3, 0.4) is 0 Å². The van der Waals surface area contributed by atoms with Gasteiger partial charge in [0, 0.05) is 12.6 Å². The lowest BCUT2D eigenvalue weighted by atomic mass is 10.0. The second-order valence-corrected chi connectivity index (χ2v) is 3.04. The van der Waals surface area contributed by atoms with E-state index in [0.29, 0.717) is 6.54 Å². The summed E-state index contributed by atoms with van der Waals surface area (Å²) in [7, 11) is 3.87. The molecule has 1 aliphatic heterocycles. The number of halogens is 3. The molecule has 0 unspecified atom stereocenters. The van der Waals surface area contributed by atoms with Gasteiger partial charge in [-0.1, -0.05) is 0 Å². The zero-order valence-electron chi connectivity index (χ0n) is 7.42. The van der Waals surface area contributed by atoms with E-state index in [9.17, 15) is 4.39 Å². The molecule has 0 bridgehead atoms. The van der Waals surface area contributed by atoms with Crippen LogP contribution in [0.4, 0.5) is 4.39 Å². The number of alkyl halides is 1. The van der Waals surface area contributed by atoms with Crippen LogP contribution < -0.4 is 5.32 Å². The van der Waals surface area contributed by atoms with Crippen LogP contribution in [0.5, 0.6) is 0 Å². The quantitative estimate of drug-likeness (QED) is 0.710. The first-order valence-corrected chi connectivity index (χ1v) is 3.73. The molecule has 0 aromatic carbocycles. The molecule has 0 amide bonds. The van der Waals surface area contributed by atoms with Gasteiger partial charge in [-0.05, 0) is 27.1 Å². The van der Waals surface area contributed by atoms with E-state index in [0.717, 1.165) is 13.0 Å². The van der Waals surface area contributed by atoms with Gasteiger partial charge in [-0.2, -0.15) is 0 Å². The van der Waals surface area contributed by atoms with Gasteiger partial charge in [0.15, 0.2) is 0 Å². The Morgan fingerprint density at radius 2 is 1.92 bits per heavy atom. The molecule has 0 aliphatic carbocycles. The number of nitrogens with one attached hydrogen (secondary N) is 1. The van der Waals surface area contributed by atoms with Gasteiger partial charge >= 0.3 is 0 Å². The van der Waals surface area contributed by atoms with Gasteiger partial charge in [-0.3, -0.25) is 0 Å². The number of rotatable bonds is 1. The summed E-state index contributed by atoms with van der Waals surface area (Å²) in [6.45, 7) is 1.46. The largest absolute Gasteiger partial charge is 0.314 e. The summed E-state index contributed by atoms with van der Waals surface area (Å²) < 4.78 is 13.0. The highest BCUT2D eigenvalue weighted by molar-refractivity contribution is 5.85. The highest BCUT2D eigenvalue weighted by Crippen LogP contribution is 2.11. The van der Waals surface area contributed by atoms with Crippen LogP contribution in [-0.2, 0) is 0 Å². The monoisotopic (exact) mass is 218 g/mol. The van der Waals surface area contributed by atoms with E-state index < -0.39 is 6.17 Å². The van der Waals surface area contributed by atoms with E-state index in [2.05, 4.69) is 5.32 Å². The molecule has 5 heteroatoms. The van der Waals surface area contributed by atoms with E-state index in [1.165, 1.54) is 0 Å². The van der Waals surface area contributed by atoms with Crippen molar-refractivity contribution in [2.75, 3.05) is 27.2 Å². The van der Waals surface area contributed by atoms with E-state index >= 15 is 0 Å². The summed E-state index contributed by atoms with van der Waals surface area (Å²) in [6, 6.07) is 0.126. The third kappa shape index (κ3) is 3.90. The molecule has 12 heavy (non-hydrogen) atoms. The first-order valence-electron chi connectivity index (χ1n) is 3.73. The molecular formula is C7H17Cl2FN2. The van der Waals surface area contributed by atoms with E-state index in [1.54, 1.807) is 0 Å². The van der Waals surface area contributed by atoms with Crippen molar-refractivity contribution in [3.05, 3.63) is 0 Å². The summed E-state index contributed by atoms with van der Waals surface area (Å²) in [6.07, 6.45) is 0.234. The maximum Gasteiger partial charge on any atom is 0.128 e. The van der Waals surface area contributed by atoms with Crippen LogP contribution in [-0.4, -0.2) is 44.3 Å². The van der Waals surface area contributed by atoms with Gasteiger partial charge in [0.1, 0.15) is 6.17 Å². The number of nitrogens with zero attached hydrogens (tertiary/aromatic N) is 1. The van der Waals surface area contributed by atoms with Crippen molar-refractivity contribution in [1.29, 1.82) is 0 Å². The van der Waals surface area contributed by atoms with Crippen molar-refractivity contribution in [3.8, 4) is 0 Å². The fraction of sp³-hybridized carbons (Fsp3) is 1.00. The van der Waals surface area contributed by atoms with Crippen molar-refractivity contribution in [3.63, 3.8) is 0 Å². The van der Waals surface area contributed by atoms with Crippen molar-refractivity contribution in [2.24, 2.45) is 0 Å². The van der Waals surface area contributed by atoms with Gasteiger partial charge in [-0.15, -0.1) is 24.8 Å². The lowest BCUT2D eigenvalue weighted by molar-refractivity contribution is 0.125. The normalized spacial score (nSPS) is 29.0. The molecule has 1 aliphatic rings. The van der Waals surface area contributed by atoms with Gasteiger partial charge in [0.25, 0.3) is 0 Å². The van der Waals surface area contributed by atoms with E-state index in [4.69, 9.17) is 0 Å². The maximum absolute atomic E-state index is 13.0. The maximum atomic E-state index is 13.0. The smallest absolute Gasteiger partial charge is 0.128 e. The predicted molar refractivity (Wildman–Crippen MR) is 54.4 cm³/mol. The fourth-order valence-corrected chi connectivity index (χ4v) is 1.39. The lowest BCUT2D eigenvalue weighted by Gasteiger charge is -2.31. The third-order valence-electron chi connectivity index (χ3n) is 2.04. The minimum Gasteiger partial charge on any atom is -0.314 e. The first-order chi connectivity index (χ1) is 4.72.